The van der Waals surface area contributed by atoms with Crippen LogP contribution in [-0.2, 0) is 13.0 Å². The molecule has 0 bridgehead atoms. The molecular formula is C13H17N5. The quantitative estimate of drug-likeness (QED) is 0.757. The lowest BCUT2D eigenvalue weighted by atomic mass is 10.3. The van der Waals surface area contributed by atoms with E-state index in [9.17, 15) is 0 Å². The Hall–Kier alpha value is -1.88. The fourth-order valence-electron chi connectivity index (χ4n) is 2.45. The summed E-state index contributed by atoms with van der Waals surface area (Å²) in [5.74, 6) is 1.92. The first-order valence-corrected chi connectivity index (χ1v) is 6.38. The third-order valence-corrected chi connectivity index (χ3v) is 3.29. The zero-order chi connectivity index (χ0) is 12.5. The Balaban J connectivity index is 2.29. The molecule has 0 saturated carbocycles. The van der Waals surface area contributed by atoms with Crippen molar-refractivity contribution < 1.29 is 0 Å². The predicted octanol–water partition coefficient (Wildman–Crippen LogP) is 1.60. The molecule has 0 atom stereocenters. The summed E-state index contributed by atoms with van der Waals surface area (Å²) in [6.45, 7) is 3.70. The molecule has 0 aliphatic carbocycles. The van der Waals surface area contributed by atoms with Gasteiger partial charge in [-0.05, 0) is 32.0 Å². The number of rotatable bonds is 4. The second-order valence-electron chi connectivity index (χ2n) is 4.38. The molecule has 0 radical (unpaired) electrons. The number of nitrogens with two attached hydrogens (primary N) is 1. The Bertz CT molecular complexity index is 679. The number of para-hydroxylation sites is 2. The molecule has 5 nitrogen and oxygen atoms in total. The zero-order valence-corrected chi connectivity index (χ0v) is 10.5. The topological polar surface area (TPSA) is 61.1 Å². The van der Waals surface area contributed by atoms with Crippen LogP contribution in [0.1, 0.15) is 19.2 Å². The van der Waals surface area contributed by atoms with Crippen LogP contribution in [0.2, 0.25) is 0 Å². The Morgan fingerprint density at radius 1 is 1.17 bits per heavy atom. The highest BCUT2D eigenvalue weighted by Crippen LogP contribution is 2.21. The predicted molar refractivity (Wildman–Crippen MR) is 71.5 cm³/mol. The molecule has 5 heteroatoms. The highest BCUT2D eigenvalue weighted by molar-refractivity contribution is 5.80. The molecule has 0 saturated heterocycles. The van der Waals surface area contributed by atoms with Crippen LogP contribution in [-0.4, -0.2) is 25.7 Å². The fourth-order valence-corrected chi connectivity index (χ4v) is 2.45. The SMILES string of the molecule is CCn1c2ccccc2n2c(CCCN)nnc12. The fraction of sp³-hybridized carbons (Fsp3) is 0.385. The van der Waals surface area contributed by atoms with Gasteiger partial charge in [0.15, 0.2) is 0 Å². The van der Waals surface area contributed by atoms with Gasteiger partial charge in [-0.3, -0.25) is 4.40 Å². The molecule has 2 aromatic heterocycles. The number of imidazole rings is 1. The van der Waals surface area contributed by atoms with Crippen LogP contribution in [0.5, 0.6) is 0 Å². The minimum absolute atomic E-state index is 0.682. The van der Waals surface area contributed by atoms with Crippen molar-refractivity contribution in [2.75, 3.05) is 6.54 Å². The maximum atomic E-state index is 5.57. The molecule has 2 heterocycles. The molecule has 3 rings (SSSR count). The van der Waals surface area contributed by atoms with Crippen molar-refractivity contribution in [3.63, 3.8) is 0 Å². The third kappa shape index (κ3) is 1.51. The number of nitrogens with zero attached hydrogens (tertiary/aromatic N) is 4. The normalized spacial score (nSPS) is 11.7. The van der Waals surface area contributed by atoms with E-state index in [1.54, 1.807) is 0 Å². The van der Waals surface area contributed by atoms with E-state index in [-0.39, 0.29) is 0 Å². The van der Waals surface area contributed by atoms with Crippen LogP contribution in [0.3, 0.4) is 0 Å². The Kier molecular flexibility index (Phi) is 2.76. The lowest BCUT2D eigenvalue weighted by Crippen LogP contribution is -2.02. The number of aryl methyl sites for hydroxylation is 2. The van der Waals surface area contributed by atoms with E-state index in [0.29, 0.717) is 6.54 Å². The summed E-state index contributed by atoms with van der Waals surface area (Å²) in [6.07, 6.45) is 1.81. The lowest BCUT2D eigenvalue weighted by molar-refractivity contribution is 0.775. The van der Waals surface area contributed by atoms with Crippen LogP contribution in [0.15, 0.2) is 24.3 Å². The van der Waals surface area contributed by atoms with Crippen LogP contribution in [0.4, 0.5) is 0 Å². The van der Waals surface area contributed by atoms with Crippen molar-refractivity contribution in [1.82, 2.24) is 19.2 Å². The minimum atomic E-state index is 0.682. The number of aromatic nitrogens is 4. The van der Waals surface area contributed by atoms with Gasteiger partial charge in [-0.25, -0.2) is 0 Å². The first kappa shape index (κ1) is 11.2. The van der Waals surface area contributed by atoms with Gasteiger partial charge in [0, 0.05) is 13.0 Å². The van der Waals surface area contributed by atoms with Crippen LogP contribution in [0, 0.1) is 0 Å². The molecule has 18 heavy (non-hydrogen) atoms. The number of hydrogen-bond acceptors (Lipinski definition) is 3. The summed E-state index contributed by atoms with van der Waals surface area (Å²) in [6, 6.07) is 8.35. The smallest absolute Gasteiger partial charge is 0.236 e. The monoisotopic (exact) mass is 243 g/mol. The Morgan fingerprint density at radius 3 is 2.67 bits per heavy atom. The van der Waals surface area contributed by atoms with Crippen molar-refractivity contribution in [2.24, 2.45) is 5.73 Å². The Labute approximate surface area is 105 Å². The van der Waals surface area contributed by atoms with Crippen LogP contribution in [0.25, 0.3) is 16.8 Å². The van der Waals surface area contributed by atoms with Crippen LogP contribution < -0.4 is 5.73 Å². The Morgan fingerprint density at radius 2 is 1.94 bits per heavy atom. The summed E-state index contributed by atoms with van der Waals surface area (Å²) in [5.41, 5.74) is 7.95. The average molecular weight is 243 g/mol. The molecule has 0 fully saturated rings. The van der Waals surface area contributed by atoms with E-state index in [1.165, 1.54) is 11.0 Å². The number of fused-ring (bicyclic) bond motifs is 3. The van der Waals surface area contributed by atoms with Gasteiger partial charge < -0.3 is 10.3 Å². The van der Waals surface area contributed by atoms with Gasteiger partial charge in [0.2, 0.25) is 5.78 Å². The first-order chi connectivity index (χ1) is 8.86. The van der Waals surface area contributed by atoms with Gasteiger partial charge in [-0.2, -0.15) is 0 Å². The minimum Gasteiger partial charge on any atom is -0.330 e. The van der Waals surface area contributed by atoms with E-state index in [1.807, 2.05) is 0 Å². The van der Waals surface area contributed by atoms with Gasteiger partial charge in [0.1, 0.15) is 5.82 Å². The molecule has 3 aromatic rings. The van der Waals surface area contributed by atoms with Crippen molar-refractivity contribution in [3.8, 4) is 0 Å². The summed E-state index contributed by atoms with van der Waals surface area (Å²) in [7, 11) is 0. The molecular weight excluding hydrogens is 226 g/mol. The van der Waals surface area contributed by atoms with E-state index in [2.05, 4.69) is 50.4 Å². The molecule has 1 aromatic carbocycles. The zero-order valence-electron chi connectivity index (χ0n) is 10.5. The van der Waals surface area contributed by atoms with E-state index in [4.69, 9.17) is 5.73 Å². The third-order valence-electron chi connectivity index (χ3n) is 3.29. The lowest BCUT2D eigenvalue weighted by Gasteiger charge is -1.97. The van der Waals surface area contributed by atoms with Gasteiger partial charge in [0.05, 0.1) is 11.0 Å². The second-order valence-corrected chi connectivity index (χ2v) is 4.38. The molecule has 94 valence electrons. The maximum absolute atomic E-state index is 5.57. The highest BCUT2D eigenvalue weighted by Gasteiger charge is 2.14. The van der Waals surface area contributed by atoms with Crippen molar-refractivity contribution in [2.45, 2.75) is 26.3 Å². The first-order valence-electron chi connectivity index (χ1n) is 6.38. The summed E-state index contributed by atoms with van der Waals surface area (Å²) < 4.78 is 4.34. The molecule has 0 amide bonds. The van der Waals surface area contributed by atoms with Gasteiger partial charge in [-0.15, -0.1) is 10.2 Å². The number of hydrogen-bond donors (Lipinski definition) is 1. The van der Waals surface area contributed by atoms with E-state index >= 15 is 0 Å². The molecule has 2 N–H and O–H groups in total. The highest BCUT2D eigenvalue weighted by atomic mass is 15.3. The van der Waals surface area contributed by atoms with E-state index < -0.39 is 0 Å². The second kappa shape index (κ2) is 4.42. The van der Waals surface area contributed by atoms with Crippen molar-refractivity contribution >= 4 is 16.8 Å². The molecule has 0 aliphatic heterocycles. The maximum Gasteiger partial charge on any atom is 0.236 e. The molecule has 0 aliphatic rings. The summed E-state index contributed by atoms with van der Waals surface area (Å²) >= 11 is 0. The molecule has 0 spiro atoms. The van der Waals surface area contributed by atoms with Gasteiger partial charge >= 0.3 is 0 Å². The molecule has 0 unspecified atom stereocenters. The van der Waals surface area contributed by atoms with E-state index in [0.717, 1.165) is 31.0 Å². The van der Waals surface area contributed by atoms with Crippen molar-refractivity contribution in [3.05, 3.63) is 30.1 Å². The average Bonchev–Trinajstić information content (AvgIpc) is 2.94. The van der Waals surface area contributed by atoms with Gasteiger partial charge in [0.25, 0.3) is 0 Å². The largest absolute Gasteiger partial charge is 0.330 e. The van der Waals surface area contributed by atoms with Crippen LogP contribution >= 0.6 is 0 Å². The van der Waals surface area contributed by atoms with Gasteiger partial charge in [-0.1, -0.05) is 12.1 Å². The summed E-state index contributed by atoms with van der Waals surface area (Å²) in [5, 5.41) is 8.60. The standard InChI is InChI=1S/C13H17N5/c1-2-17-10-6-3-4-7-11(10)18-12(8-5-9-14)15-16-13(17)18/h3-4,6-7H,2,5,8-9,14H2,1H3. The van der Waals surface area contributed by atoms with Crippen molar-refractivity contribution in [1.29, 1.82) is 0 Å². The summed E-state index contributed by atoms with van der Waals surface area (Å²) in [4.78, 5) is 0. The number of benzene rings is 1.